The van der Waals surface area contributed by atoms with Crippen LogP contribution in [0.15, 0.2) is 15.7 Å². The number of hydrazine groups is 1. The average Bonchev–Trinajstić information content (AvgIpc) is 2.36. The van der Waals surface area contributed by atoms with Gasteiger partial charge in [0.05, 0.1) is 0 Å². The summed E-state index contributed by atoms with van der Waals surface area (Å²) in [7, 11) is -3.69. The molecule has 1 aromatic heterocycles. The Bertz CT molecular complexity index is 342. The van der Waals surface area contributed by atoms with Gasteiger partial charge in [0, 0.05) is 0 Å². The number of rotatable bonds is 2. The van der Waals surface area contributed by atoms with Crippen molar-refractivity contribution in [3.63, 3.8) is 0 Å². The highest BCUT2D eigenvalue weighted by atomic mass is 32.2. The van der Waals surface area contributed by atoms with Gasteiger partial charge < -0.3 is 5.11 Å². The van der Waals surface area contributed by atoms with E-state index in [0.29, 0.717) is 0 Å². The fourth-order valence-electron chi connectivity index (χ4n) is 0.543. The molecule has 1 rings (SSSR count). The fraction of sp³-hybridized carbons (Fsp3) is 0. The minimum absolute atomic E-state index is 0.167. The smallest absolute Gasteiger partial charge is 0.266 e. The van der Waals surface area contributed by atoms with Crippen molar-refractivity contribution in [3.8, 4) is 5.75 Å². The number of aromatic hydroxyl groups is 1. The van der Waals surface area contributed by atoms with Gasteiger partial charge in [0.25, 0.3) is 10.0 Å². The highest BCUT2D eigenvalue weighted by Gasteiger charge is 2.17. The number of thiophene rings is 1. The second-order valence-electron chi connectivity index (χ2n) is 1.71. The zero-order valence-electron chi connectivity index (χ0n) is 5.31. The Labute approximate surface area is 67.5 Å². The van der Waals surface area contributed by atoms with Gasteiger partial charge in [0.2, 0.25) is 0 Å². The molecule has 0 atom stereocenters. The molecule has 11 heavy (non-hydrogen) atoms. The van der Waals surface area contributed by atoms with Crippen molar-refractivity contribution in [1.82, 2.24) is 4.83 Å². The van der Waals surface area contributed by atoms with Crippen molar-refractivity contribution in [2.75, 3.05) is 0 Å². The van der Waals surface area contributed by atoms with Crippen LogP contribution in [0.4, 0.5) is 0 Å². The van der Waals surface area contributed by atoms with E-state index in [0.717, 1.165) is 11.3 Å². The van der Waals surface area contributed by atoms with Gasteiger partial charge in [-0.3, -0.25) is 5.84 Å². The number of hydrogen-bond acceptors (Lipinski definition) is 5. The van der Waals surface area contributed by atoms with Crippen LogP contribution in [0.1, 0.15) is 0 Å². The third kappa shape index (κ3) is 1.51. The lowest BCUT2D eigenvalue weighted by Gasteiger charge is -1.97. The molecule has 0 saturated carbocycles. The summed E-state index contributed by atoms with van der Waals surface area (Å²) < 4.78 is 21.6. The Kier molecular flexibility index (Phi) is 2.14. The Morgan fingerprint density at radius 3 is 2.64 bits per heavy atom. The van der Waals surface area contributed by atoms with E-state index in [-0.39, 0.29) is 9.96 Å². The van der Waals surface area contributed by atoms with Gasteiger partial charge in [-0.25, -0.2) is 8.42 Å². The molecule has 0 amide bonds. The molecule has 1 heterocycles. The first-order valence-corrected chi connectivity index (χ1v) is 4.93. The number of nitrogens with one attached hydrogen (secondary N) is 1. The lowest BCUT2D eigenvalue weighted by atomic mass is 10.6. The molecule has 0 aliphatic rings. The first-order chi connectivity index (χ1) is 5.08. The summed E-state index contributed by atoms with van der Waals surface area (Å²) in [5.41, 5.74) is 0. The fourth-order valence-corrected chi connectivity index (χ4v) is 2.32. The quantitative estimate of drug-likeness (QED) is 0.441. The van der Waals surface area contributed by atoms with Gasteiger partial charge in [0.15, 0.2) is 4.21 Å². The minimum Gasteiger partial charge on any atom is -0.506 e. The molecule has 1 aromatic rings. The van der Waals surface area contributed by atoms with Crippen LogP contribution < -0.4 is 10.7 Å². The lowest BCUT2D eigenvalue weighted by molar-refractivity contribution is 0.463. The largest absolute Gasteiger partial charge is 0.506 e. The zero-order chi connectivity index (χ0) is 8.48. The van der Waals surface area contributed by atoms with E-state index in [4.69, 9.17) is 10.9 Å². The van der Waals surface area contributed by atoms with Crippen LogP contribution in [0.2, 0.25) is 0 Å². The standard InChI is InChI=1S/C4H6N2O3S2/c5-6-11(8,9)4-3(7)1-2-10-4/h1-2,6-7H,5H2. The number of sulfonamides is 1. The van der Waals surface area contributed by atoms with Crippen LogP contribution in [-0.2, 0) is 10.0 Å². The second-order valence-corrected chi connectivity index (χ2v) is 4.54. The van der Waals surface area contributed by atoms with E-state index in [1.165, 1.54) is 11.4 Å². The van der Waals surface area contributed by atoms with Crippen LogP contribution in [0.3, 0.4) is 0 Å². The summed E-state index contributed by atoms with van der Waals surface area (Å²) in [6.07, 6.45) is 0. The van der Waals surface area contributed by atoms with Crippen LogP contribution >= 0.6 is 11.3 Å². The SMILES string of the molecule is NNS(=O)(=O)c1sccc1O. The second kappa shape index (κ2) is 2.78. The van der Waals surface area contributed by atoms with E-state index in [1.807, 2.05) is 0 Å². The molecular formula is C4H6N2O3S2. The highest BCUT2D eigenvalue weighted by molar-refractivity contribution is 7.91. The average molecular weight is 194 g/mol. The van der Waals surface area contributed by atoms with Crippen molar-refractivity contribution >= 4 is 21.4 Å². The van der Waals surface area contributed by atoms with Crippen LogP contribution in [0.5, 0.6) is 5.75 Å². The van der Waals surface area contributed by atoms with Crippen LogP contribution in [0, 0.1) is 0 Å². The van der Waals surface area contributed by atoms with Gasteiger partial charge in [-0.05, 0) is 11.4 Å². The maximum Gasteiger partial charge on any atom is 0.266 e. The maximum absolute atomic E-state index is 10.9. The first kappa shape index (κ1) is 8.47. The lowest BCUT2D eigenvalue weighted by Crippen LogP contribution is -2.29. The van der Waals surface area contributed by atoms with Gasteiger partial charge in [-0.1, -0.05) is 0 Å². The molecule has 0 bridgehead atoms. The summed E-state index contributed by atoms with van der Waals surface area (Å²) in [5, 5.41) is 10.4. The molecule has 0 radical (unpaired) electrons. The summed E-state index contributed by atoms with van der Waals surface area (Å²) >= 11 is 0.901. The van der Waals surface area contributed by atoms with E-state index in [2.05, 4.69) is 0 Å². The first-order valence-electron chi connectivity index (χ1n) is 2.57. The Balaban J connectivity index is 3.22. The van der Waals surface area contributed by atoms with Gasteiger partial charge in [-0.15, -0.1) is 16.2 Å². The third-order valence-corrected chi connectivity index (χ3v) is 3.66. The molecule has 62 valence electrons. The number of hydrogen-bond donors (Lipinski definition) is 3. The molecule has 0 unspecified atom stereocenters. The summed E-state index contributed by atoms with van der Waals surface area (Å²) in [4.78, 5) is 1.61. The summed E-state index contributed by atoms with van der Waals surface area (Å²) in [6.45, 7) is 0. The predicted molar refractivity (Wildman–Crippen MR) is 40.5 cm³/mol. The molecule has 4 N–H and O–H groups in total. The normalized spacial score (nSPS) is 11.7. The van der Waals surface area contributed by atoms with E-state index in [9.17, 15) is 8.42 Å². The molecule has 0 spiro atoms. The van der Waals surface area contributed by atoms with Crippen molar-refractivity contribution < 1.29 is 13.5 Å². The molecule has 0 fully saturated rings. The van der Waals surface area contributed by atoms with E-state index >= 15 is 0 Å². The number of nitrogens with two attached hydrogens (primary N) is 1. The van der Waals surface area contributed by atoms with Gasteiger partial charge in [0.1, 0.15) is 5.75 Å². The minimum atomic E-state index is -3.69. The molecular weight excluding hydrogens is 188 g/mol. The van der Waals surface area contributed by atoms with Crippen LogP contribution in [-0.4, -0.2) is 13.5 Å². The highest BCUT2D eigenvalue weighted by Crippen LogP contribution is 2.27. The van der Waals surface area contributed by atoms with Crippen molar-refractivity contribution in [2.24, 2.45) is 5.84 Å². The van der Waals surface area contributed by atoms with Crippen molar-refractivity contribution in [3.05, 3.63) is 11.4 Å². The summed E-state index contributed by atoms with van der Waals surface area (Å²) in [5.74, 6) is 4.44. The van der Waals surface area contributed by atoms with Crippen molar-refractivity contribution in [2.45, 2.75) is 4.21 Å². The Hall–Kier alpha value is -0.630. The van der Waals surface area contributed by atoms with Crippen LogP contribution in [0.25, 0.3) is 0 Å². The molecule has 7 heteroatoms. The molecule has 0 aromatic carbocycles. The van der Waals surface area contributed by atoms with Crippen molar-refractivity contribution in [1.29, 1.82) is 0 Å². The molecule has 0 saturated heterocycles. The predicted octanol–water partition coefficient (Wildman–Crippen LogP) is -0.394. The zero-order valence-corrected chi connectivity index (χ0v) is 6.95. The molecule has 5 nitrogen and oxygen atoms in total. The van der Waals surface area contributed by atoms with Gasteiger partial charge >= 0.3 is 0 Å². The Morgan fingerprint density at radius 1 is 1.64 bits per heavy atom. The molecule has 0 aliphatic carbocycles. The maximum atomic E-state index is 10.9. The Morgan fingerprint density at radius 2 is 2.27 bits per heavy atom. The topological polar surface area (TPSA) is 92.4 Å². The summed E-state index contributed by atoms with van der Waals surface area (Å²) in [6, 6.07) is 1.29. The monoisotopic (exact) mass is 194 g/mol. The van der Waals surface area contributed by atoms with E-state index in [1.54, 1.807) is 4.83 Å². The molecule has 0 aliphatic heterocycles. The van der Waals surface area contributed by atoms with E-state index < -0.39 is 10.0 Å². The third-order valence-electron chi connectivity index (χ3n) is 1.01. The van der Waals surface area contributed by atoms with Gasteiger partial charge in [-0.2, -0.15) is 0 Å².